The summed E-state index contributed by atoms with van der Waals surface area (Å²) in [6, 6.07) is 7.23. The molecule has 3 rings (SSSR count). The average molecular weight is 316 g/mol. The molecule has 0 amide bonds. The molecule has 1 aliphatic rings. The van der Waals surface area contributed by atoms with Crippen molar-refractivity contribution in [3.05, 3.63) is 48.3 Å². The Bertz CT molecular complexity index is 620. The smallest absolute Gasteiger partial charge is 0.123 e. The highest BCUT2D eigenvalue weighted by Gasteiger charge is 2.22. The van der Waals surface area contributed by atoms with Gasteiger partial charge in [0.15, 0.2) is 0 Å². The van der Waals surface area contributed by atoms with E-state index in [1.165, 1.54) is 17.8 Å². The molecule has 0 spiro atoms. The van der Waals surface area contributed by atoms with Gasteiger partial charge in [-0.25, -0.2) is 9.37 Å². The molecule has 1 N–H and O–H groups in total. The zero-order valence-corrected chi connectivity index (χ0v) is 13.9. The van der Waals surface area contributed by atoms with Crippen molar-refractivity contribution in [2.24, 2.45) is 5.92 Å². The van der Waals surface area contributed by atoms with E-state index in [2.05, 4.69) is 33.6 Å². The molecular weight excluding hydrogens is 291 g/mol. The molecule has 1 saturated heterocycles. The van der Waals surface area contributed by atoms with Crippen LogP contribution in [0, 0.1) is 11.7 Å². The van der Waals surface area contributed by atoms with E-state index in [0.717, 1.165) is 38.3 Å². The highest BCUT2D eigenvalue weighted by Crippen LogP contribution is 2.20. The van der Waals surface area contributed by atoms with Crippen molar-refractivity contribution in [3.63, 3.8) is 0 Å². The molecule has 2 aromatic rings. The third-order valence-corrected chi connectivity index (χ3v) is 4.31. The topological polar surface area (TPSA) is 33.1 Å². The molecule has 5 heteroatoms. The zero-order chi connectivity index (χ0) is 16.2. The van der Waals surface area contributed by atoms with Crippen LogP contribution in [0.5, 0.6) is 0 Å². The third-order valence-electron chi connectivity index (χ3n) is 4.31. The van der Waals surface area contributed by atoms with Crippen LogP contribution in [-0.2, 0) is 13.1 Å². The van der Waals surface area contributed by atoms with Crippen LogP contribution in [0.15, 0.2) is 36.8 Å². The first-order chi connectivity index (χ1) is 11.1. The Morgan fingerprint density at radius 2 is 2.09 bits per heavy atom. The second kappa shape index (κ2) is 7.13. The second-order valence-corrected chi connectivity index (χ2v) is 6.72. The fourth-order valence-electron chi connectivity index (χ4n) is 3.12. The Hall–Kier alpha value is -1.88. The Morgan fingerprint density at radius 3 is 2.83 bits per heavy atom. The molecular formula is C18H25FN4. The van der Waals surface area contributed by atoms with Crippen molar-refractivity contribution in [1.82, 2.24) is 14.9 Å². The van der Waals surface area contributed by atoms with Crippen LogP contribution in [0.2, 0.25) is 0 Å². The van der Waals surface area contributed by atoms with Gasteiger partial charge in [-0.1, -0.05) is 13.8 Å². The van der Waals surface area contributed by atoms with Crippen LogP contribution in [0.25, 0.3) is 0 Å². The molecule has 0 aliphatic carbocycles. The summed E-state index contributed by atoms with van der Waals surface area (Å²) in [7, 11) is 0. The summed E-state index contributed by atoms with van der Waals surface area (Å²) in [5.74, 6) is 0.435. The largest absolute Gasteiger partial charge is 0.370 e. The molecule has 1 aromatic carbocycles. The number of benzene rings is 1. The monoisotopic (exact) mass is 316 g/mol. The average Bonchev–Trinajstić information content (AvgIpc) is 3.15. The van der Waals surface area contributed by atoms with Gasteiger partial charge in [-0.2, -0.15) is 0 Å². The Kier molecular flexibility index (Phi) is 4.96. The van der Waals surface area contributed by atoms with Crippen LogP contribution in [-0.4, -0.2) is 28.7 Å². The van der Waals surface area contributed by atoms with Gasteiger partial charge in [0.05, 0.1) is 12.0 Å². The van der Waals surface area contributed by atoms with E-state index in [0.29, 0.717) is 12.0 Å². The summed E-state index contributed by atoms with van der Waals surface area (Å²) in [5, 5.41) is 3.63. The molecule has 1 unspecified atom stereocenters. The van der Waals surface area contributed by atoms with E-state index in [9.17, 15) is 4.39 Å². The Labute approximate surface area is 137 Å². The fraction of sp³-hybridized carbons (Fsp3) is 0.500. The van der Waals surface area contributed by atoms with Crippen LogP contribution in [0.1, 0.15) is 26.0 Å². The van der Waals surface area contributed by atoms with Crippen molar-refractivity contribution < 1.29 is 4.39 Å². The van der Waals surface area contributed by atoms with Gasteiger partial charge < -0.3 is 14.8 Å². The predicted molar refractivity (Wildman–Crippen MR) is 90.9 cm³/mol. The van der Waals surface area contributed by atoms with Crippen LogP contribution in [0.3, 0.4) is 0 Å². The normalized spacial score (nSPS) is 18.1. The number of hydrogen-bond donors (Lipinski definition) is 1. The molecule has 0 radical (unpaired) electrons. The summed E-state index contributed by atoms with van der Waals surface area (Å²) in [4.78, 5) is 6.58. The maximum absolute atomic E-state index is 13.0. The SMILES string of the molecule is CC(C)Cn1cncc1CNC1CCN(c2ccc(F)cc2)C1. The fourth-order valence-corrected chi connectivity index (χ4v) is 3.12. The summed E-state index contributed by atoms with van der Waals surface area (Å²) < 4.78 is 15.2. The Morgan fingerprint density at radius 1 is 1.30 bits per heavy atom. The van der Waals surface area contributed by atoms with E-state index in [-0.39, 0.29) is 5.82 Å². The van der Waals surface area contributed by atoms with Gasteiger partial charge in [0.25, 0.3) is 0 Å². The van der Waals surface area contributed by atoms with E-state index in [4.69, 9.17) is 0 Å². The first-order valence-electron chi connectivity index (χ1n) is 8.34. The standard InChI is InChI=1S/C18H25FN4/c1-14(2)11-23-13-20-9-18(23)10-21-16-7-8-22(12-16)17-5-3-15(19)4-6-17/h3-6,9,13-14,16,21H,7-8,10-12H2,1-2H3. The van der Waals surface area contributed by atoms with Gasteiger partial charge in [0, 0.05) is 44.1 Å². The van der Waals surface area contributed by atoms with Gasteiger partial charge in [0.2, 0.25) is 0 Å². The molecule has 0 bridgehead atoms. The maximum atomic E-state index is 13.0. The number of hydrogen-bond acceptors (Lipinski definition) is 3. The van der Waals surface area contributed by atoms with Crippen LogP contribution >= 0.6 is 0 Å². The van der Waals surface area contributed by atoms with E-state index in [1.54, 1.807) is 0 Å². The predicted octanol–water partition coefficient (Wildman–Crippen LogP) is 3.05. The number of rotatable bonds is 6. The number of imidazole rings is 1. The first kappa shape index (κ1) is 16.0. The minimum absolute atomic E-state index is 0.180. The quantitative estimate of drug-likeness (QED) is 0.889. The highest BCUT2D eigenvalue weighted by atomic mass is 19.1. The third kappa shape index (κ3) is 4.10. The van der Waals surface area contributed by atoms with E-state index in [1.807, 2.05) is 24.7 Å². The molecule has 2 heterocycles. The van der Waals surface area contributed by atoms with E-state index >= 15 is 0 Å². The summed E-state index contributed by atoms with van der Waals surface area (Å²) in [6.45, 7) is 8.25. The summed E-state index contributed by atoms with van der Waals surface area (Å²) in [6.07, 6.45) is 4.97. The molecule has 23 heavy (non-hydrogen) atoms. The number of anilines is 1. The van der Waals surface area contributed by atoms with Gasteiger partial charge in [0.1, 0.15) is 5.82 Å². The van der Waals surface area contributed by atoms with Gasteiger partial charge in [-0.05, 0) is 36.6 Å². The lowest BCUT2D eigenvalue weighted by Gasteiger charge is -2.19. The summed E-state index contributed by atoms with van der Waals surface area (Å²) >= 11 is 0. The van der Waals surface area contributed by atoms with Crippen molar-refractivity contribution in [2.45, 2.75) is 39.4 Å². The number of nitrogens with zero attached hydrogens (tertiary/aromatic N) is 3. The van der Waals surface area contributed by atoms with Crippen molar-refractivity contribution >= 4 is 5.69 Å². The molecule has 124 valence electrons. The molecule has 0 saturated carbocycles. The lowest BCUT2D eigenvalue weighted by Crippen LogP contribution is -2.32. The van der Waals surface area contributed by atoms with Crippen molar-refractivity contribution in [2.75, 3.05) is 18.0 Å². The molecule has 4 nitrogen and oxygen atoms in total. The molecule has 1 fully saturated rings. The molecule has 1 aromatic heterocycles. The summed E-state index contributed by atoms with van der Waals surface area (Å²) in [5.41, 5.74) is 2.33. The lowest BCUT2D eigenvalue weighted by atomic mass is 10.2. The number of halogens is 1. The minimum Gasteiger partial charge on any atom is -0.370 e. The second-order valence-electron chi connectivity index (χ2n) is 6.72. The van der Waals surface area contributed by atoms with E-state index < -0.39 is 0 Å². The maximum Gasteiger partial charge on any atom is 0.123 e. The Balaban J connectivity index is 1.52. The molecule has 1 atom stereocenters. The number of nitrogens with one attached hydrogen (secondary N) is 1. The highest BCUT2D eigenvalue weighted by molar-refractivity contribution is 5.47. The van der Waals surface area contributed by atoms with Gasteiger partial charge >= 0.3 is 0 Å². The van der Waals surface area contributed by atoms with Crippen molar-refractivity contribution in [1.29, 1.82) is 0 Å². The lowest BCUT2D eigenvalue weighted by molar-refractivity contribution is 0.484. The molecule has 1 aliphatic heterocycles. The van der Waals surface area contributed by atoms with Gasteiger partial charge in [-0.15, -0.1) is 0 Å². The first-order valence-corrected chi connectivity index (χ1v) is 8.34. The minimum atomic E-state index is -0.180. The van der Waals surface area contributed by atoms with Gasteiger partial charge in [-0.3, -0.25) is 0 Å². The van der Waals surface area contributed by atoms with Crippen LogP contribution < -0.4 is 10.2 Å². The number of aromatic nitrogens is 2. The van der Waals surface area contributed by atoms with Crippen LogP contribution in [0.4, 0.5) is 10.1 Å². The van der Waals surface area contributed by atoms with Crippen molar-refractivity contribution in [3.8, 4) is 0 Å². The zero-order valence-electron chi connectivity index (χ0n) is 13.9.